The summed E-state index contributed by atoms with van der Waals surface area (Å²) in [6.07, 6.45) is 10.4. The Labute approximate surface area is 207 Å². The molecule has 4 atom stereocenters. The second kappa shape index (κ2) is 8.90. The van der Waals surface area contributed by atoms with E-state index >= 15 is 0 Å². The summed E-state index contributed by atoms with van der Waals surface area (Å²) in [7, 11) is 0. The number of aromatic hydroxyl groups is 2. The minimum absolute atomic E-state index is 0.370. The van der Waals surface area contributed by atoms with E-state index in [0.29, 0.717) is 35.4 Å². The van der Waals surface area contributed by atoms with Crippen molar-refractivity contribution in [1.82, 2.24) is 13.8 Å². The van der Waals surface area contributed by atoms with E-state index in [2.05, 4.69) is 27.7 Å². The summed E-state index contributed by atoms with van der Waals surface area (Å²) >= 11 is 1.57. The number of aryl methyl sites for hydroxylation is 1. The van der Waals surface area contributed by atoms with Gasteiger partial charge in [-0.15, -0.1) is 0 Å². The van der Waals surface area contributed by atoms with Gasteiger partial charge in [0.15, 0.2) is 11.8 Å². The van der Waals surface area contributed by atoms with Crippen LogP contribution in [0.5, 0.6) is 11.8 Å². The van der Waals surface area contributed by atoms with Crippen molar-refractivity contribution in [3.05, 3.63) is 28.1 Å². The van der Waals surface area contributed by atoms with Crippen LogP contribution in [0.1, 0.15) is 78.3 Å². The summed E-state index contributed by atoms with van der Waals surface area (Å²) < 4.78 is 6.56. The maximum Gasteiger partial charge on any atom is 0.197 e. The molecule has 0 amide bonds. The highest BCUT2D eigenvalue weighted by Gasteiger charge is 2.44. The largest absolute Gasteiger partial charge is 0.494 e. The lowest BCUT2D eigenvalue weighted by molar-refractivity contribution is 0.130. The lowest BCUT2D eigenvalue weighted by Gasteiger charge is -2.40. The van der Waals surface area contributed by atoms with Crippen molar-refractivity contribution >= 4 is 23.4 Å². The molecule has 1 saturated heterocycles. The summed E-state index contributed by atoms with van der Waals surface area (Å²) in [6, 6.07) is 0. The van der Waals surface area contributed by atoms with Crippen molar-refractivity contribution in [1.29, 1.82) is 0 Å². The topological polar surface area (TPSA) is 64.8 Å². The first kappa shape index (κ1) is 22.5. The van der Waals surface area contributed by atoms with Crippen molar-refractivity contribution in [2.24, 2.45) is 11.8 Å². The van der Waals surface area contributed by atoms with E-state index in [1.807, 2.05) is 10.6 Å². The molecule has 3 aliphatic carbocycles. The molecule has 6 nitrogen and oxygen atoms in total. The van der Waals surface area contributed by atoms with Crippen LogP contribution in [0.15, 0.2) is 6.58 Å². The first-order valence-electron chi connectivity index (χ1n) is 13.2. The molecule has 6 rings (SSSR count). The first-order chi connectivity index (χ1) is 16.5. The molecule has 1 aliphatic heterocycles. The van der Waals surface area contributed by atoms with E-state index in [1.165, 1.54) is 49.0 Å². The lowest BCUT2D eigenvalue weighted by Crippen LogP contribution is -2.49. The minimum Gasteiger partial charge on any atom is -0.494 e. The van der Waals surface area contributed by atoms with E-state index in [-0.39, 0.29) is 0 Å². The van der Waals surface area contributed by atoms with Crippen LogP contribution in [0.2, 0.25) is 0 Å². The molecule has 3 heterocycles. The van der Waals surface area contributed by atoms with Crippen LogP contribution >= 0.6 is 11.5 Å². The maximum absolute atomic E-state index is 11.0. The fourth-order valence-electron chi connectivity index (χ4n) is 7.42. The zero-order valence-electron chi connectivity index (χ0n) is 20.4. The summed E-state index contributed by atoms with van der Waals surface area (Å²) in [5.74, 6) is 3.92. The Bertz CT molecular complexity index is 1030. The number of piperazine rings is 1. The fraction of sp³-hybridized carbons (Fsp3) is 0.667. The van der Waals surface area contributed by atoms with Crippen molar-refractivity contribution in [3.63, 3.8) is 0 Å². The van der Waals surface area contributed by atoms with Gasteiger partial charge in [0.25, 0.3) is 0 Å². The normalized spacial score (nSPS) is 29.0. The first-order valence-corrected chi connectivity index (χ1v) is 14.0. The molecule has 34 heavy (non-hydrogen) atoms. The Morgan fingerprint density at radius 2 is 1.56 bits per heavy atom. The van der Waals surface area contributed by atoms with Gasteiger partial charge in [-0.25, -0.2) is 0 Å². The predicted molar refractivity (Wildman–Crippen MR) is 138 cm³/mol. The van der Waals surface area contributed by atoms with Crippen LogP contribution in [0.25, 0.3) is 6.08 Å². The molecule has 2 N–H and O–H groups in total. The standard InChI is InChI=1S/C27H38N4O2S/c1-3-22-17(2)34-28-25(22)30-12-10-29(11-13-30)15-20-6-4-5-7-21(20)16-31-26(32)23-18-8-9-19(14-18)24(23)27(31)33/h3,18-21,32-33H,1,4-16H2,2H3/t18-,19+,20-,21-/m0/s1. The van der Waals surface area contributed by atoms with Crippen molar-refractivity contribution < 1.29 is 10.2 Å². The van der Waals surface area contributed by atoms with E-state index in [9.17, 15) is 10.2 Å². The molecule has 2 aromatic heterocycles. The third-order valence-electron chi connectivity index (χ3n) is 9.27. The van der Waals surface area contributed by atoms with Gasteiger partial charge in [0.05, 0.1) is 0 Å². The molecule has 0 aromatic carbocycles. The molecular weight excluding hydrogens is 444 g/mol. The Balaban J connectivity index is 1.11. The second-order valence-electron chi connectivity index (χ2n) is 11.1. The highest BCUT2D eigenvalue weighted by Crippen LogP contribution is 2.60. The van der Waals surface area contributed by atoms with Crippen LogP contribution < -0.4 is 4.90 Å². The molecule has 4 aliphatic rings. The molecule has 2 aromatic rings. The smallest absolute Gasteiger partial charge is 0.197 e. The number of fused-ring (bicyclic) bond motifs is 5. The van der Waals surface area contributed by atoms with Crippen LogP contribution in [-0.4, -0.2) is 56.8 Å². The van der Waals surface area contributed by atoms with Crippen molar-refractivity contribution in [3.8, 4) is 11.8 Å². The number of nitrogens with zero attached hydrogens (tertiary/aromatic N) is 4. The van der Waals surface area contributed by atoms with E-state index in [4.69, 9.17) is 0 Å². The van der Waals surface area contributed by atoms with Gasteiger partial charge < -0.3 is 15.1 Å². The Morgan fingerprint density at radius 3 is 2.18 bits per heavy atom. The number of anilines is 1. The Kier molecular flexibility index (Phi) is 5.88. The van der Waals surface area contributed by atoms with E-state index in [1.54, 1.807) is 11.5 Å². The van der Waals surface area contributed by atoms with Gasteiger partial charge in [0.1, 0.15) is 5.82 Å². The zero-order valence-corrected chi connectivity index (χ0v) is 21.2. The van der Waals surface area contributed by atoms with Crippen LogP contribution in [-0.2, 0) is 6.54 Å². The lowest BCUT2D eigenvalue weighted by atomic mass is 9.78. The highest BCUT2D eigenvalue weighted by molar-refractivity contribution is 7.06. The summed E-state index contributed by atoms with van der Waals surface area (Å²) in [5.41, 5.74) is 3.35. The monoisotopic (exact) mass is 482 g/mol. The Hall–Kier alpha value is -1.99. The van der Waals surface area contributed by atoms with Crippen molar-refractivity contribution in [2.75, 3.05) is 37.6 Å². The van der Waals surface area contributed by atoms with Gasteiger partial charge in [-0.1, -0.05) is 25.5 Å². The summed E-state index contributed by atoms with van der Waals surface area (Å²) in [5, 5.41) is 22.1. The summed E-state index contributed by atoms with van der Waals surface area (Å²) in [4.78, 5) is 6.29. The van der Waals surface area contributed by atoms with Gasteiger partial charge in [0.2, 0.25) is 0 Å². The van der Waals surface area contributed by atoms with Gasteiger partial charge in [-0.2, -0.15) is 4.37 Å². The van der Waals surface area contributed by atoms with Crippen LogP contribution in [0.3, 0.4) is 0 Å². The fourth-order valence-corrected chi connectivity index (χ4v) is 8.13. The highest BCUT2D eigenvalue weighted by atomic mass is 32.1. The number of hydrogen-bond acceptors (Lipinski definition) is 6. The number of aromatic nitrogens is 2. The third kappa shape index (κ3) is 3.67. The molecular formula is C27H38N4O2S. The van der Waals surface area contributed by atoms with Crippen LogP contribution in [0, 0.1) is 18.8 Å². The SMILES string of the molecule is C=Cc1c(N2CCN(C[C@@H]3CCCC[C@H]3Cn3c(O)c4c(c3O)[C@H]3CC[C@@H]4C3)CC2)nsc1C. The average Bonchev–Trinajstić information content (AvgIpc) is 3.61. The van der Waals surface area contributed by atoms with Gasteiger partial charge in [0, 0.05) is 60.8 Å². The molecule has 0 spiro atoms. The number of rotatable bonds is 6. The second-order valence-corrected chi connectivity index (χ2v) is 12.0. The van der Waals surface area contributed by atoms with E-state index < -0.39 is 0 Å². The molecule has 2 saturated carbocycles. The zero-order chi connectivity index (χ0) is 23.4. The Morgan fingerprint density at radius 1 is 0.941 bits per heavy atom. The number of hydrogen-bond donors (Lipinski definition) is 2. The quantitative estimate of drug-likeness (QED) is 0.585. The maximum atomic E-state index is 11.0. The van der Waals surface area contributed by atoms with Crippen molar-refractivity contribution in [2.45, 2.75) is 70.3 Å². The molecule has 184 valence electrons. The average molecular weight is 483 g/mol. The molecule has 7 heteroatoms. The predicted octanol–water partition coefficient (Wildman–Crippen LogP) is 5.30. The summed E-state index contributed by atoms with van der Waals surface area (Å²) in [6.45, 7) is 12.1. The molecule has 0 radical (unpaired) electrons. The van der Waals surface area contributed by atoms with Gasteiger partial charge >= 0.3 is 0 Å². The van der Waals surface area contributed by atoms with Gasteiger partial charge in [-0.05, 0) is 74.2 Å². The minimum atomic E-state index is 0.370. The van der Waals surface area contributed by atoms with E-state index in [0.717, 1.165) is 62.6 Å². The molecule has 3 fully saturated rings. The molecule has 0 unspecified atom stereocenters. The third-order valence-corrected chi connectivity index (χ3v) is 10.0. The van der Waals surface area contributed by atoms with Crippen LogP contribution in [0.4, 0.5) is 5.82 Å². The van der Waals surface area contributed by atoms with Gasteiger partial charge in [-0.3, -0.25) is 9.47 Å². The molecule has 2 bridgehead atoms.